The number of hydrogen-bond acceptors (Lipinski definition) is 3. The number of rotatable bonds is 4. The lowest BCUT2D eigenvalue weighted by Crippen LogP contribution is -2.08. The molecule has 0 saturated heterocycles. The monoisotopic (exact) mass is 261 g/mol. The molecule has 0 heterocycles. The molecule has 94 valence electrons. The predicted octanol–water partition coefficient (Wildman–Crippen LogP) is 3.14. The van der Waals surface area contributed by atoms with Gasteiger partial charge in [-0.05, 0) is 38.6 Å². The molecular formula is C14H16ClN3. The fourth-order valence-corrected chi connectivity index (χ4v) is 1.80. The number of nitrogens with zero attached hydrogens (tertiary/aromatic N) is 2. The highest BCUT2D eigenvalue weighted by Crippen LogP contribution is 2.18. The normalized spacial score (nSPS) is 12.4. The van der Waals surface area contributed by atoms with E-state index in [9.17, 15) is 0 Å². The van der Waals surface area contributed by atoms with Crippen LogP contribution in [0.1, 0.15) is 25.0 Å². The Kier molecular flexibility index (Phi) is 5.57. The van der Waals surface area contributed by atoms with Crippen molar-refractivity contribution in [2.75, 3.05) is 13.6 Å². The largest absolute Gasteiger partial charge is 0.316 e. The Bertz CT molecular complexity index is 524. The molecule has 4 heteroatoms. The van der Waals surface area contributed by atoms with Crippen LogP contribution in [0, 0.1) is 11.3 Å². The SMILES string of the molecule is CNC/C(C)=C/N=C(\C)c1ccc(C#N)cc1Cl. The Labute approximate surface area is 113 Å². The average molecular weight is 262 g/mol. The summed E-state index contributed by atoms with van der Waals surface area (Å²) in [6.45, 7) is 4.71. The van der Waals surface area contributed by atoms with Crippen LogP contribution in [0.25, 0.3) is 0 Å². The summed E-state index contributed by atoms with van der Waals surface area (Å²) in [6.07, 6.45) is 1.82. The maximum Gasteiger partial charge on any atom is 0.0992 e. The van der Waals surface area contributed by atoms with Crippen molar-refractivity contribution in [2.45, 2.75) is 13.8 Å². The second-order valence-electron chi connectivity index (χ2n) is 4.03. The lowest BCUT2D eigenvalue weighted by molar-refractivity contribution is 0.877. The molecule has 1 aromatic rings. The van der Waals surface area contributed by atoms with Gasteiger partial charge in [0, 0.05) is 24.0 Å². The number of aliphatic imine (C=N–C) groups is 1. The zero-order valence-electron chi connectivity index (χ0n) is 10.8. The first-order valence-corrected chi connectivity index (χ1v) is 6.01. The van der Waals surface area contributed by atoms with Gasteiger partial charge in [-0.25, -0.2) is 0 Å². The Balaban J connectivity index is 2.97. The predicted molar refractivity (Wildman–Crippen MR) is 76.1 cm³/mol. The number of likely N-dealkylation sites (N-methyl/N-ethyl adjacent to an activating group) is 1. The minimum absolute atomic E-state index is 0.551. The van der Waals surface area contributed by atoms with E-state index in [1.54, 1.807) is 12.1 Å². The molecular weight excluding hydrogens is 246 g/mol. The lowest BCUT2D eigenvalue weighted by Gasteiger charge is -2.03. The van der Waals surface area contributed by atoms with Crippen LogP contribution >= 0.6 is 11.6 Å². The van der Waals surface area contributed by atoms with Gasteiger partial charge in [0.1, 0.15) is 0 Å². The Morgan fingerprint density at radius 1 is 1.50 bits per heavy atom. The second kappa shape index (κ2) is 6.95. The number of nitrogens with one attached hydrogen (secondary N) is 1. The maximum atomic E-state index is 8.77. The van der Waals surface area contributed by atoms with E-state index in [4.69, 9.17) is 16.9 Å². The van der Waals surface area contributed by atoms with Gasteiger partial charge < -0.3 is 5.32 Å². The molecule has 0 unspecified atom stereocenters. The molecule has 1 aromatic carbocycles. The van der Waals surface area contributed by atoms with Crippen LogP contribution in [0.15, 0.2) is 35.0 Å². The van der Waals surface area contributed by atoms with Crippen molar-refractivity contribution in [2.24, 2.45) is 4.99 Å². The van der Waals surface area contributed by atoms with E-state index in [-0.39, 0.29) is 0 Å². The van der Waals surface area contributed by atoms with E-state index in [2.05, 4.69) is 16.4 Å². The van der Waals surface area contributed by atoms with Crippen LogP contribution in [-0.2, 0) is 0 Å². The zero-order chi connectivity index (χ0) is 13.5. The molecule has 0 aliphatic heterocycles. The van der Waals surface area contributed by atoms with Crippen molar-refractivity contribution in [1.29, 1.82) is 5.26 Å². The van der Waals surface area contributed by atoms with Crippen LogP contribution in [0.3, 0.4) is 0 Å². The van der Waals surface area contributed by atoms with Crippen LogP contribution in [0.5, 0.6) is 0 Å². The van der Waals surface area contributed by atoms with Gasteiger partial charge in [0.25, 0.3) is 0 Å². The first kappa shape index (κ1) is 14.4. The number of nitriles is 1. The number of benzene rings is 1. The van der Waals surface area contributed by atoms with Gasteiger partial charge in [-0.15, -0.1) is 0 Å². The van der Waals surface area contributed by atoms with Crippen LogP contribution in [0.4, 0.5) is 0 Å². The molecule has 1 N–H and O–H groups in total. The standard InChI is InChI=1S/C14H16ClN3/c1-10(8-17-3)9-18-11(2)13-5-4-12(7-16)6-14(13)15/h4-6,9,17H,8H2,1-3H3/b10-9+,18-11+. The van der Waals surface area contributed by atoms with Gasteiger partial charge >= 0.3 is 0 Å². The Morgan fingerprint density at radius 2 is 2.22 bits per heavy atom. The van der Waals surface area contributed by atoms with Crippen molar-refractivity contribution in [3.8, 4) is 6.07 Å². The molecule has 0 aliphatic rings. The van der Waals surface area contributed by atoms with E-state index < -0.39 is 0 Å². The summed E-state index contributed by atoms with van der Waals surface area (Å²) in [5.41, 5.74) is 3.38. The maximum absolute atomic E-state index is 8.77. The van der Waals surface area contributed by atoms with Crippen LogP contribution in [0.2, 0.25) is 5.02 Å². The summed E-state index contributed by atoms with van der Waals surface area (Å²) < 4.78 is 0. The Hall–Kier alpha value is -1.63. The van der Waals surface area contributed by atoms with E-state index in [0.29, 0.717) is 10.6 Å². The fraction of sp³-hybridized carbons (Fsp3) is 0.286. The molecule has 0 fully saturated rings. The van der Waals surface area contributed by atoms with E-state index >= 15 is 0 Å². The van der Waals surface area contributed by atoms with E-state index in [1.807, 2.05) is 33.2 Å². The third-order valence-corrected chi connectivity index (χ3v) is 2.73. The second-order valence-corrected chi connectivity index (χ2v) is 4.43. The highest BCUT2D eigenvalue weighted by Gasteiger charge is 2.04. The minimum atomic E-state index is 0.551. The van der Waals surface area contributed by atoms with Gasteiger partial charge in [0.2, 0.25) is 0 Å². The molecule has 0 spiro atoms. The van der Waals surface area contributed by atoms with Gasteiger partial charge in [0.15, 0.2) is 0 Å². The highest BCUT2D eigenvalue weighted by molar-refractivity contribution is 6.34. The minimum Gasteiger partial charge on any atom is -0.316 e. The molecule has 0 amide bonds. The lowest BCUT2D eigenvalue weighted by atomic mass is 10.1. The first-order chi connectivity index (χ1) is 8.58. The van der Waals surface area contributed by atoms with Gasteiger partial charge in [-0.1, -0.05) is 17.7 Å². The molecule has 0 aromatic heterocycles. The van der Waals surface area contributed by atoms with Crippen molar-refractivity contribution in [1.82, 2.24) is 5.32 Å². The fourth-order valence-electron chi connectivity index (χ4n) is 1.48. The molecule has 0 atom stereocenters. The van der Waals surface area contributed by atoms with Crippen molar-refractivity contribution < 1.29 is 0 Å². The molecule has 0 radical (unpaired) electrons. The van der Waals surface area contributed by atoms with Crippen molar-refractivity contribution >= 4 is 17.3 Å². The summed E-state index contributed by atoms with van der Waals surface area (Å²) in [7, 11) is 1.89. The van der Waals surface area contributed by atoms with E-state index in [1.165, 1.54) is 0 Å². The molecule has 0 bridgehead atoms. The smallest absolute Gasteiger partial charge is 0.0992 e. The van der Waals surface area contributed by atoms with Gasteiger partial charge in [-0.2, -0.15) is 5.26 Å². The summed E-state index contributed by atoms with van der Waals surface area (Å²) in [5.74, 6) is 0. The number of hydrogen-bond donors (Lipinski definition) is 1. The number of halogens is 1. The molecule has 0 aliphatic carbocycles. The van der Waals surface area contributed by atoms with Crippen LogP contribution < -0.4 is 5.32 Å². The molecule has 0 saturated carbocycles. The third-order valence-electron chi connectivity index (χ3n) is 2.42. The van der Waals surface area contributed by atoms with Gasteiger partial charge in [-0.3, -0.25) is 4.99 Å². The van der Waals surface area contributed by atoms with Crippen LogP contribution in [-0.4, -0.2) is 19.3 Å². The molecule has 1 rings (SSSR count). The topological polar surface area (TPSA) is 48.2 Å². The average Bonchev–Trinajstić information content (AvgIpc) is 2.36. The molecule has 3 nitrogen and oxygen atoms in total. The highest BCUT2D eigenvalue weighted by atomic mass is 35.5. The van der Waals surface area contributed by atoms with Gasteiger partial charge in [0.05, 0.1) is 16.7 Å². The summed E-state index contributed by atoms with van der Waals surface area (Å²) in [4.78, 5) is 4.38. The third kappa shape index (κ3) is 3.99. The summed E-state index contributed by atoms with van der Waals surface area (Å²) in [5, 5.41) is 12.4. The quantitative estimate of drug-likeness (QED) is 0.847. The van der Waals surface area contributed by atoms with E-state index in [0.717, 1.165) is 23.4 Å². The van der Waals surface area contributed by atoms with Crippen molar-refractivity contribution in [3.05, 3.63) is 46.1 Å². The molecule has 18 heavy (non-hydrogen) atoms. The Morgan fingerprint density at radius 3 is 2.78 bits per heavy atom. The first-order valence-electron chi connectivity index (χ1n) is 5.63. The van der Waals surface area contributed by atoms with Crippen molar-refractivity contribution in [3.63, 3.8) is 0 Å². The zero-order valence-corrected chi connectivity index (χ0v) is 11.5. The summed E-state index contributed by atoms with van der Waals surface area (Å²) >= 11 is 6.11. The summed E-state index contributed by atoms with van der Waals surface area (Å²) in [6, 6.07) is 7.27.